The Balaban J connectivity index is 1.39. The smallest absolute Gasteiger partial charge is 0.00264 e. The molecule has 9 rings (SSSR count). The van der Waals surface area contributed by atoms with Gasteiger partial charge in [-0.2, -0.15) is 0 Å². The molecule has 0 saturated carbocycles. The molecule has 0 heterocycles. The van der Waals surface area contributed by atoms with Crippen LogP contribution < -0.4 is 0 Å². The molecular formula is C44H28. The van der Waals surface area contributed by atoms with Crippen LogP contribution in [0.15, 0.2) is 170 Å². The van der Waals surface area contributed by atoms with Gasteiger partial charge >= 0.3 is 0 Å². The molecule has 0 aliphatic carbocycles. The van der Waals surface area contributed by atoms with Crippen LogP contribution >= 0.6 is 0 Å². The van der Waals surface area contributed by atoms with Gasteiger partial charge in [-0.05, 0) is 118 Å². The van der Waals surface area contributed by atoms with Crippen molar-refractivity contribution in [3.8, 4) is 33.4 Å². The first-order valence-corrected chi connectivity index (χ1v) is 15.3. The van der Waals surface area contributed by atoms with Gasteiger partial charge in [0.15, 0.2) is 0 Å². The van der Waals surface area contributed by atoms with E-state index in [9.17, 15) is 0 Å². The molecule has 9 aromatic carbocycles. The highest BCUT2D eigenvalue weighted by Crippen LogP contribution is 2.43. The van der Waals surface area contributed by atoms with Gasteiger partial charge in [0.2, 0.25) is 0 Å². The van der Waals surface area contributed by atoms with Crippen LogP contribution in [0.3, 0.4) is 0 Å². The average molecular weight is 557 g/mol. The summed E-state index contributed by atoms with van der Waals surface area (Å²) in [6.45, 7) is 0. The molecule has 0 saturated heterocycles. The van der Waals surface area contributed by atoms with Gasteiger partial charge in [0.05, 0.1) is 0 Å². The number of hydrogen-bond donors (Lipinski definition) is 0. The molecule has 0 unspecified atom stereocenters. The summed E-state index contributed by atoms with van der Waals surface area (Å²) in [7, 11) is 0. The van der Waals surface area contributed by atoms with E-state index in [1.165, 1.54) is 87.2 Å². The second kappa shape index (κ2) is 9.93. The zero-order chi connectivity index (χ0) is 29.0. The van der Waals surface area contributed by atoms with Crippen LogP contribution in [0.4, 0.5) is 0 Å². The van der Waals surface area contributed by atoms with E-state index in [1.807, 2.05) is 0 Å². The van der Waals surface area contributed by atoms with E-state index < -0.39 is 0 Å². The van der Waals surface area contributed by atoms with Crippen molar-refractivity contribution >= 4 is 53.9 Å². The van der Waals surface area contributed by atoms with Crippen LogP contribution in [-0.4, -0.2) is 0 Å². The van der Waals surface area contributed by atoms with Crippen molar-refractivity contribution in [2.45, 2.75) is 0 Å². The molecule has 0 heteroatoms. The van der Waals surface area contributed by atoms with E-state index in [-0.39, 0.29) is 0 Å². The van der Waals surface area contributed by atoms with Crippen LogP contribution in [0, 0.1) is 0 Å². The van der Waals surface area contributed by atoms with E-state index in [0.717, 1.165) is 0 Å². The second-order valence-electron chi connectivity index (χ2n) is 11.7. The number of fused-ring (bicyclic) bond motifs is 6. The fraction of sp³-hybridized carbons (Fsp3) is 0. The van der Waals surface area contributed by atoms with Gasteiger partial charge in [-0.25, -0.2) is 0 Å². The first-order chi connectivity index (χ1) is 21.8. The molecular weight excluding hydrogens is 528 g/mol. The molecule has 0 amide bonds. The molecule has 0 radical (unpaired) electrons. The van der Waals surface area contributed by atoms with E-state index in [2.05, 4.69) is 170 Å². The molecule has 44 heavy (non-hydrogen) atoms. The van der Waals surface area contributed by atoms with Gasteiger partial charge in [-0.3, -0.25) is 0 Å². The zero-order valence-corrected chi connectivity index (χ0v) is 24.2. The summed E-state index contributed by atoms with van der Waals surface area (Å²) in [5, 5.41) is 12.7. The fourth-order valence-electron chi connectivity index (χ4n) is 7.04. The minimum Gasteiger partial charge on any atom is -0.0622 e. The first-order valence-electron chi connectivity index (χ1n) is 15.3. The molecule has 0 aliphatic heterocycles. The summed E-state index contributed by atoms with van der Waals surface area (Å²) in [5.41, 5.74) is 7.46. The molecule has 9 aromatic rings. The van der Waals surface area contributed by atoms with E-state index in [1.54, 1.807) is 0 Å². The van der Waals surface area contributed by atoms with Crippen LogP contribution in [-0.2, 0) is 0 Å². The predicted molar refractivity (Wildman–Crippen MR) is 190 cm³/mol. The summed E-state index contributed by atoms with van der Waals surface area (Å²) >= 11 is 0. The normalized spacial score (nSPS) is 11.6. The van der Waals surface area contributed by atoms with Gasteiger partial charge in [0.1, 0.15) is 0 Å². The number of benzene rings is 9. The lowest BCUT2D eigenvalue weighted by molar-refractivity contribution is 1.64. The van der Waals surface area contributed by atoms with Crippen LogP contribution in [0.5, 0.6) is 0 Å². The highest BCUT2D eigenvalue weighted by atomic mass is 14.2. The predicted octanol–water partition coefficient (Wildman–Crippen LogP) is 12.5. The minimum absolute atomic E-state index is 1.23. The molecule has 0 fully saturated rings. The Labute approximate surface area is 256 Å². The van der Waals surface area contributed by atoms with E-state index >= 15 is 0 Å². The van der Waals surface area contributed by atoms with Crippen molar-refractivity contribution in [1.82, 2.24) is 0 Å². The van der Waals surface area contributed by atoms with Crippen LogP contribution in [0.1, 0.15) is 0 Å². The topological polar surface area (TPSA) is 0 Å². The summed E-state index contributed by atoms with van der Waals surface area (Å²) in [4.78, 5) is 0. The number of rotatable bonds is 3. The average Bonchev–Trinajstić information content (AvgIpc) is 3.10. The Morgan fingerprint density at radius 3 is 1.68 bits per heavy atom. The largest absolute Gasteiger partial charge is 0.0622 e. The lowest BCUT2D eigenvalue weighted by Gasteiger charge is -2.18. The van der Waals surface area contributed by atoms with E-state index in [4.69, 9.17) is 0 Å². The second-order valence-corrected chi connectivity index (χ2v) is 11.7. The van der Waals surface area contributed by atoms with Gasteiger partial charge in [-0.15, -0.1) is 0 Å². The quantitative estimate of drug-likeness (QED) is 0.150. The molecule has 0 aliphatic rings. The van der Waals surface area contributed by atoms with Gasteiger partial charge in [0, 0.05) is 0 Å². The first kappa shape index (κ1) is 24.8. The van der Waals surface area contributed by atoms with E-state index in [0.29, 0.717) is 0 Å². The molecule has 0 atom stereocenters. The lowest BCUT2D eigenvalue weighted by Crippen LogP contribution is -1.91. The maximum absolute atomic E-state index is 2.41. The van der Waals surface area contributed by atoms with Crippen molar-refractivity contribution in [3.05, 3.63) is 170 Å². The Hall–Kier alpha value is -5.72. The maximum atomic E-state index is 2.41. The molecule has 0 spiro atoms. The Morgan fingerprint density at radius 2 is 0.818 bits per heavy atom. The SMILES string of the molecule is c1ccc(-c2c3ccccc3cc3c(-c4ccc5c(ccc6ccccc65)c4)cc(-c4ccc5ccccc5c4)cc23)cc1. The van der Waals surface area contributed by atoms with Crippen molar-refractivity contribution in [3.63, 3.8) is 0 Å². The summed E-state index contributed by atoms with van der Waals surface area (Å²) in [6.07, 6.45) is 0. The zero-order valence-electron chi connectivity index (χ0n) is 24.2. The Bertz CT molecular complexity index is 2540. The molecule has 0 bridgehead atoms. The molecule has 0 aromatic heterocycles. The van der Waals surface area contributed by atoms with Gasteiger partial charge in [-0.1, -0.05) is 140 Å². The highest BCUT2D eigenvalue weighted by Gasteiger charge is 2.16. The summed E-state index contributed by atoms with van der Waals surface area (Å²) < 4.78 is 0. The van der Waals surface area contributed by atoms with Crippen molar-refractivity contribution in [2.24, 2.45) is 0 Å². The Morgan fingerprint density at radius 1 is 0.227 bits per heavy atom. The fourth-order valence-corrected chi connectivity index (χ4v) is 7.04. The Kier molecular flexibility index (Phi) is 5.61. The minimum atomic E-state index is 1.23. The van der Waals surface area contributed by atoms with Crippen molar-refractivity contribution < 1.29 is 0 Å². The molecule has 0 nitrogen and oxygen atoms in total. The summed E-state index contributed by atoms with van der Waals surface area (Å²) in [6, 6.07) is 62.5. The monoisotopic (exact) mass is 556 g/mol. The van der Waals surface area contributed by atoms with Crippen LogP contribution in [0.25, 0.3) is 87.2 Å². The molecule has 0 N–H and O–H groups in total. The van der Waals surface area contributed by atoms with Crippen molar-refractivity contribution in [1.29, 1.82) is 0 Å². The lowest BCUT2D eigenvalue weighted by atomic mass is 9.85. The standard InChI is InChI=1S/C44H28/c1-2-12-31(13-3-1)44-40-17-9-7-15-34(40)26-42-41(36-22-23-39-35(25-36)21-19-30-11-6-8-16-38(30)39)27-37(28-43(42)44)33-20-18-29-10-4-5-14-32(29)24-33/h1-28H. The highest BCUT2D eigenvalue weighted by molar-refractivity contribution is 6.18. The molecule has 204 valence electrons. The van der Waals surface area contributed by atoms with Gasteiger partial charge < -0.3 is 0 Å². The summed E-state index contributed by atoms with van der Waals surface area (Å²) in [5.74, 6) is 0. The van der Waals surface area contributed by atoms with Gasteiger partial charge in [0.25, 0.3) is 0 Å². The van der Waals surface area contributed by atoms with Crippen LogP contribution in [0.2, 0.25) is 0 Å². The third-order valence-corrected chi connectivity index (χ3v) is 9.18. The third kappa shape index (κ3) is 4.00. The third-order valence-electron chi connectivity index (χ3n) is 9.18. The maximum Gasteiger partial charge on any atom is -0.00264 e. The van der Waals surface area contributed by atoms with Crippen molar-refractivity contribution in [2.75, 3.05) is 0 Å². The number of hydrogen-bond acceptors (Lipinski definition) is 0.